The molecule has 2 saturated carbocycles. The molecule has 0 aromatic rings. The summed E-state index contributed by atoms with van der Waals surface area (Å²) in [7, 11) is 2.14. The van der Waals surface area contributed by atoms with Crippen molar-refractivity contribution in [1.82, 2.24) is 5.32 Å². The standard InChI is InChI=1S/C19H37N/c1-5-15-6-8-16(9-7-15)19-12-17(14(2)3)10-11-18(19)13-20-4/h14-20H,5-13H2,1-4H3. The molecule has 1 N–H and O–H groups in total. The molecular formula is C19H37N. The summed E-state index contributed by atoms with van der Waals surface area (Å²) in [4.78, 5) is 0. The Labute approximate surface area is 127 Å². The third kappa shape index (κ3) is 4.00. The van der Waals surface area contributed by atoms with E-state index in [-0.39, 0.29) is 0 Å². The third-order valence-electron chi connectivity index (χ3n) is 6.57. The minimum absolute atomic E-state index is 0.889. The molecule has 20 heavy (non-hydrogen) atoms. The summed E-state index contributed by atoms with van der Waals surface area (Å²) in [5, 5.41) is 3.47. The molecule has 3 unspecified atom stereocenters. The van der Waals surface area contributed by atoms with Gasteiger partial charge in [-0.1, -0.05) is 40.0 Å². The van der Waals surface area contributed by atoms with Gasteiger partial charge in [0.1, 0.15) is 0 Å². The summed E-state index contributed by atoms with van der Waals surface area (Å²) in [5.41, 5.74) is 0. The van der Waals surface area contributed by atoms with E-state index in [1.807, 2.05) is 0 Å². The number of nitrogens with one attached hydrogen (secondary N) is 1. The van der Waals surface area contributed by atoms with Crippen LogP contribution in [0, 0.1) is 35.5 Å². The molecule has 2 aliphatic carbocycles. The van der Waals surface area contributed by atoms with Crippen LogP contribution in [-0.4, -0.2) is 13.6 Å². The van der Waals surface area contributed by atoms with Gasteiger partial charge in [0.25, 0.3) is 0 Å². The Balaban J connectivity index is 1.96. The number of hydrogen-bond donors (Lipinski definition) is 1. The van der Waals surface area contributed by atoms with Gasteiger partial charge in [0, 0.05) is 0 Å². The first-order valence-corrected chi connectivity index (χ1v) is 9.30. The van der Waals surface area contributed by atoms with Crippen LogP contribution in [0.4, 0.5) is 0 Å². The Morgan fingerprint density at radius 2 is 1.70 bits per heavy atom. The Morgan fingerprint density at radius 3 is 2.25 bits per heavy atom. The van der Waals surface area contributed by atoms with Crippen LogP contribution in [0.2, 0.25) is 0 Å². The highest BCUT2D eigenvalue weighted by atomic mass is 14.8. The lowest BCUT2D eigenvalue weighted by Gasteiger charge is -2.44. The van der Waals surface area contributed by atoms with Gasteiger partial charge in [-0.05, 0) is 81.2 Å². The predicted octanol–water partition coefficient (Wildman–Crippen LogP) is 5.11. The van der Waals surface area contributed by atoms with Gasteiger partial charge in [-0.3, -0.25) is 0 Å². The van der Waals surface area contributed by atoms with Crippen LogP contribution < -0.4 is 5.32 Å². The van der Waals surface area contributed by atoms with E-state index in [1.165, 1.54) is 57.9 Å². The molecule has 1 heteroatoms. The minimum atomic E-state index is 0.889. The van der Waals surface area contributed by atoms with E-state index in [2.05, 4.69) is 33.1 Å². The van der Waals surface area contributed by atoms with Gasteiger partial charge in [0.2, 0.25) is 0 Å². The zero-order valence-corrected chi connectivity index (χ0v) is 14.3. The molecule has 0 heterocycles. The summed E-state index contributed by atoms with van der Waals surface area (Å²) in [6, 6.07) is 0. The van der Waals surface area contributed by atoms with Crippen molar-refractivity contribution >= 4 is 0 Å². The first-order valence-electron chi connectivity index (χ1n) is 9.30. The molecule has 2 aliphatic rings. The van der Waals surface area contributed by atoms with Gasteiger partial charge < -0.3 is 5.32 Å². The molecule has 2 rings (SSSR count). The zero-order valence-electron chi connectivity index (χ0n) is 14.3. The average Bonchev–Trinajstić information content (AvgIpc) is 2.48. The smallest absolute Gasteiger partial charge is 0.00208 e. The zero-order chi connectivity index (χ0) is 14.5. The Morgan fingerprint density at radius 1 is 1.00 bits per heavy atom. The minimum Gasteiger partial charge on any atom is -0.319 e. The summed E-state index contributed by atoms with van der Waals surface area (Å²) < 4.78 is 0. The van der Waals surface area contributed by atoms with Gasteiger partial charge in [-0.2, -0.15) is 0 Å². The van der Waals surface area contributed by atoms with Gasteiger partial charge in [0.05, 0.1) is 0 Å². The molecule has 118 valence electrons. The van der Waals surface area contributed by atoms with Crippen LogP contribution in [0.1, 0.15) is 72.1 Å². The molecule has 2 fully saturated rings. The fourth-order valence-electron chi connectivity index (χ4n) is 5.03. The van der Waals surface area contributed by atoms with Crippen molar-refractivity contribution in [3.63, 3.8) is 0 Å². The average molecular weight is 280 g/mol. The molecule has 0 saturated heterocycles. The van der Waals surface area contributed by atoms with Crippen molar-refractivity contribution < 1.29 is 0 Å². The van der Waals surface area contributed by atoms with Crippen molar-refractivity contribution in [2.75, 3.05) is 13.6 Å². The maximum Gasteiger partial charge on any atom is -0.00208 e. The van der Waals surface area contributed by atoms with Crippen LogP contribution >= 0.6 is 0 Å². The third-order valence-corrected chi connectivity index (χ3v) is 6.57. The summed E-state index contributed by atoms with van der Waals surface area (Å²) in [5.74, 6) is 5.94. The maximum atomic E-state index is 3.47. The van der Waals surface area contributed by atoms with Crippen molar-refractivity contribution in [1.29, 1.82) is 0 Å². The van der Waals surface area contributed by atoms with Gasteiger partial charge >= 0.3 is 0 Å². The SMILES string of the molecule is CCC1CCC(C2CC(C(C)C)CCC2CNC)CC1. The maximum absolute atomic E-state index is 3.47. The van der Waals surface area contributed by atoms with Crippen LogP contribution in [0.5, 0.6) is 0 Å². The van der Waals surface area contributed by atoms with Gasteiger partial charge in [-0.15, -0.1) is 0 Å². The van der Waals surface area contributed by atoms with Gasteiger partial charge in [-0.25, -0.2) is 0 Å². The van der Waals surface area contributed by atoms with E-state index in [4.69, 9.17) is 0 Å². The molecule has 0 bridgehead atoms. The topological polar surface area (TPSA) is 12.0 Å². The van der Waals surface area contributed by atoms with Crippen LogP contribution in [0.3, 0.4) is 0 Å². The quantitative estimate of drug-likeness (QED) is 0.737. The van der Waals surface area contributed by atoms with Crippen LogP contribution in [0.15, 0.2) is 0 Å². The lowest BCUT2D eigenvalue weighted by molar-refractivity contribution is 0.0701. The second-order valence-corrected chi connectivity index (χ2v) is 7.99. The Hall–Kier alpha value is -0.0400. The highest BCUT2D eigenvalue weighted by molar-refractivity contribution is 4.88. The molecule has 0 spiro atoms. The largest absolute Gasteiger partial charge is 0.319 e. The summed E-state index contributed by atoms with van der Waals surface area (Å²) in [6.45, 7) is 8.51. The second-order valence-electron chi connectivity index (χ2n) is 7.99. The van der Waals surface area contributed by atoms with Crippen molar-refractivity contribution in [2.45, 2.75) is 72.1 Å². The van der Waals surface area contributed by atoms with E-state index in [1.54, 1.807) is 0 Å². The first kappa shape index (κ1) is 16.3. The molecular weight excluding hydrogens is 242 g/mol. The number of rotatable bonds is 5. The highest BCUT2D eigenvalue weighted by Crippen LogP contribution is 2.46. The van der Waals surface area contributed by atoms with E-state index in [0.29, 0.717) is 0 Å². The fourth-order valence-corrected chi connectivity index (χ4v) is 5.03. The van der Waals surface area contributed by atoms with Crippen molar-refractivity contribution in [3.8, 4) is 0 Å². The molecule has 1 nitrogen and oxygen atoms in total. The summed E-state index contributed by atoms with van der Waals surface area (Å²) in [6.07, 6.45) is 11.9. The van der Waals surface area contributed by atoms with Crippen LogP contribution in [-0.2, 0) is 0 Å². The van der Waals surface area contributed by atoms with E-state index in [0.717, 1.165) is 35.5 Å². The first-order chi connectivity index (χ1) is 9.65. The predicted molar refractivity (Wildman–Crippen MR) is 88.8 cm³/mol. The van der Waals surface area contributed by atoms with Crippen molar-refractivity contribution in [3.05, 3.63) is 0 Å². The highest BCUT2D eigenvalue weighted by Gasteiger charge is 2.37. The lowest BCUT2D eigenvalue weighted by Crippen LogP contribution is -2.38. The summed E-state index contributed by atoms with van der Waals surface area (Å²) >= 11 is 0. The van der Waals surface area contributed by atoms with Gasteiger partial charge in [0.15, 0.2) is 0 Å². The monoisotopic (exact) mass is 279 g/mol. The molecule has 0 amide bonds. The molecule has 0 aromatic heterocycles. The second kappa shape index (κ2) is 7.82. The molecule has 0 radical (unpaired) electrons. The normalized spacial score (nSPS) is 39.1. The molecule has 3 atom stereocenters. The Bertz CT molecular complexity index is 265. The molecule has 0 aromatic carbocycles. The Kier molecular flexibility index (Phi) is 6.39. The van der Waals surface area contributed by atoms with E-state index < -0.39 is 0 Å². The fraction of sp³-hybridized carbons (Fsp3) is 1.00. The van der Waals surface area contributed by atoms with E-state index in [9.17, 15) is 0 Å². The van der Waals surface area contributed by atoms with E-state index >= 15 is 0 Å². The lowest BCUT2D eigenvalue weighted by atomic mass is 9.62. The van der Waals surface area contributed by atoms with Crippen LogP contribution in [0.25, 0.3) is 0 Å². The van der Waals surface area contributed by atoms with Crippen molar-refractivity contribution in [2.24, 2.45) is 35.5 Å². The number of hydrogen-bond acceptors (Lipinski definition) is 1. The molecule has 0 aliphatic heterocycles.